The van der Waals surface area contributed by atoms with Gasteiger partial charge in [0.25, 0.3) is 0 Å². The highest BCUT2D eigenvalue weighted by atomic mass is 32.1. The lowest BCUT2D eigenvalue weighted by atomic mass is 10.2. The third kappa shape index (κ3) is 2.91. The average Bonchev–Trinajstić information content (AvgIpc) is 3.13. The minimum absolute atomic E-state index is 0.255. The number of benzene rings is 1. The lowest BCUT2D eigenvalue weighted by molar-refractivity contribution is 0.628. The van der Waals surface area contributed by atoms with Gasteiger partial charge in [-0.05, 0) is 35.9 Å². The summed E-state index contributed by atoms with van der Waals surface area (Å²) in [5.74, 6) is -0.255. The van der Waals surface area contributed by atoms with E-state index < -0.39 is 0 Å². The molecule has 0 aliphatic rings. The molecule has 7 heteroatoms. The van der Waals surface area contributed by atoms with E-state index in [0.29, 0.717) is 6.54 Å². The topological polar surface area (TPSA) is 55.1 Å². The van der Waals surface area contributed by atoms with E-state index in [4.69, 9.17) is 0 Å². The number of pyridine rings is 1. The summed E-state index contributed by atoms with van der Waals surface area (Å²) in [6.07, 6.45) is 5.41. The predicted molar refractivity (Wildman–Crippen MR) is 87.8 cm³/mol. The molecule has 0 atom stereocenters. The van der Waals surface area contributed by atoms with E-state index in [2.05, 4.69) is 20.4 Å². The molecule has 0 aliphatic heterocycles. The molecule has 0 saturated heterocycles. The summed E-state index contributed by atoms with van der Waals surface area (Å²) < 4.78 is 14.7. The largest absolute Gasteiger partial charge is 0.356 e. The van der Waals surface area contributed by atoms with Gasteiger partial charge in [0.2, 0.25) is 10.1 Å². The smallest absolute Gasteiger partial charge is 0.214 e. The average molecular weight is 325 g/mol. The van der Waals surface area contributed by atoms with E-state index >= 15 is 0 Å². The summed E-state index contributed by atoms with van der Waals surface area (Å²) in [6, 6.07) is 10.2. The van der Waals surface area contributed by atoms with Crippen LogP contribution in [-0.4, -0.2) is 19.6 Å². The zero-order valence-electron chi connectivity index (χ0n) is 12.0. The second-order valence-corrected chi connectivity index (χ2v) is 5.94. The van der Waals surface area contributed by atoms with Crippen LogP contribution in [-0.2, 0) is 6.54 Å². The van der Waals surface area contributed by atoms with Crippen molar-refractivity contribution in [2.24, 2.45) is 0 Å². The summed E-state index contributed by atoms with van der Waals surface area (Å²) in [6.45, 7) is 0.662. The minimum Gasteiger partial charge on any atom is -0.356 e. The van der Waals surface area contributed by atoms with Crippen molar-refractivity contribution in [2.45, 2.75) is 6.54 Å². The summed E-state index contributed by atoms with van der Waals surface area (Å²) in [5, 5.41) is 8.51. The van der Waals surface area contributed by atoms with Crippen molar-refractivity contribution in [1.29, 1.82) is 0 Å². The quantitative estimate of drug-likeness (QED) is 0.623. The SMILES string of the molecule is Fc1ccc(-c2cn3nc(NCc4cccnc4)sc3n2)cc1. The van der Waals surface area contributed by atoms with Crippen LogP contribution >= 0.6 is 11.3 Å². The fourth-order valence-electron chi connectivity index (χ4n) is 2.21. The number of nitrogens with zero attached hydrogens (tertiary/aromatic N) is 4. The summed E-state index contributed by atoms with van der Waals surface area (Å²) in [7, 11) is 0. The van der Waals surface area contributed by atoms with Crippen LogP contribution in [0, 0.1) is 5.82 Å². The number of anilines is 1. The highest BCUT2D eigenvalue weighted by Gasteiger charge is 2.09. The Morgan fingerprint density at radius 2 is 2.04 bits per heavy atom. The van der Waals surface area contributed by atoms with Gasteiger partial charge in [0.1, 0.15) is 5.82 Å². The molecule has 0 saturated carbocycles. The molecule has 5 nitrogen and oxygen atoms in total. The van der Waals surface area contributed by atoms with Crippen LogP contribution in [0.15, 0.2) is 55.0 Å². The first kappa shape index (κ1) is 13.8. The number of hydrogen-bond donors (Lipinski definition) is 1. The Labute approximate surface area is 135 Å². The van der Waals surface area contributed by atoms with Crippen LogP contribution in [0.5, 0.6) is 0 Å². The molecule has 3 heterocycles. The maximum absolute atomic E-state index is 13.0. The van der Waals surface area contributed by atoms with Crippen LogP contribution in [0.2, 0.25) is 0 Å². The molecule has 0 aliphatic carbocycles. The van der Waals surface area contributed by atoms with Gasteiger partial charge in [-0.15, -0.1) is 5.10 Å². The second kappa shape index (κ2) is 5.77. The summed E-state index contributed by atoms with van der Waals surface area (Å²) in [4.78, 5) is 9.40. The number of halogens is 1. The van der Waals surface area contributed by atoms with Crippen molar-refractivity contribution in [2.75, 3.05) is 5.32 Å². The molecule has 1 aromatic carbocycles. The predicted octanol–water partition coefficient (Wildman–Crippen LogP) is 3.60. The van der Waals surface area contributed by atoms with E-state index in [1.165, 1.54) is 23.5 Å². The minimum atomic E-state index is -0.255. The number of hydrogen-bond acceptors (Lipinski definition) is 5. The molecular formula is C16H12FN5S. The van der Waals surface area contributed by atoms with Crippen LogP contribution in [0.1, 0.15) is 5.56 Å². The van der Waals surface area contributed by atoms with Gasteiger partial charge in [-0.2, -0.15) is 0 Å². The van der Waals surface area contributed by atoms with Crippen LogP contribution in [0.3, 0.4) is 0 Å². The molecule has 4 rings (SSSR count). The molecular weight excluding hydrogens is 313 g/mol. The number of rotatable bonds is 4. The zero-order chi connectivity index (χ0) is 15.6. The molecule has 3 aromatic heterocycles. The second-order valence-electron chi connectivity index (χ2n) is 4.98. The van der Waals surface area contributed by atoms with Crippen LogP contribution in [0.25, 0.3) is 16.2 Å². The highest BCUT2D eigenvalue weighted by Crippen LogP contribution is 2.24. The zero-order valence-corrected chi connectivity index (χ0v) is 12.8. The Morgan fingerprint density at radius 3 is 2.78 bits per heavy atom. The molecule has 0 spiro atoms. The molecule has 1 N–H and O–H groups in total. The van der Waals surface area contributed by atoms with E-state index in [-0.39, 0.29) is 5.82 Å². The van der Waals surface area contributed by atoms with Gasteiger partial charge in [-0.3, -0.25) is 4.98 Å². The maximum Gasteiger partial charge on any atom is 0.214 e. The van der Waals surface area contributed by atoms with Gasteiger partial charge in [0, 0.05) is 24.5 Å². The molecule has 0 unspecified atom stereocenters. The molecule has 23 heavy (non-hydrogen) atoms. The monoisotopic (exact) mass is 325 g/mol. The number of nitrogens with one attached hydrogen (secondary N) is 1. The number of imidazole rings is 1. The molecule has 114 valence electrons. The Kier molecular flexibility index (Phi) is 3.47. The Balaban J connectivity index is 1.53. The third-order valence-corrected chi connectivity index (χ3v) is 4.23. The number of fused-ring (bicyclic) bond motifs is 1. The fourth-order valence-corrected chi connectivity index (χ4v) is 2.99. The van der Waals surface area contributed by atoms with Crippen molar-refractivity contribution in [3.63, 3.8) is 0 Å². The number of aromatic nitrogens is 4. The molecule has 0 bridgehead atoms. The maximum atomic E-state index is 13.0. The molecule has 4 aromatic rings. The first-order chi connectivity index (χ1) is 11.3. The Morgan fingerprint density at radius 1 is 1.17 bits per heavy atom. The molecule has 0 radical (unpaired) electrons. The van der Waals surface area contributed by atoms with E-state index in [0.717, 1.165) is 26.9 Å². The third-order valence-electron chi connectivity index (χ3n) is 3.35. The standard InChI is InChI=1S/C16H12FN5S/c17-13-5-3-12(4-6-13)14-10-22-16(20-14)23-15(21-22)19-9-11-2-1-7-18-8-11/h1-8,10H,9H2,(H,19,21). The van der Waals surface area contributed by atoms with Crippen LogP contribution < -0.4 is 5.32 Å². The molecule has 0 fully saturated rings. The lowest BCUT2D eigenvalue weighted by Gasteiger charge is -2.00. The highest BCUT2D eigenvalue weighted by molar-refractivity contribution is 7.20. The van der Waals surface area contributed by atoms with E-state index in [1.54, 1.807) is 22.8 Å². The van der Waals surface area contributed by atoms with Gasteiger partial charge in [0.05, 0.1) is 11.9 Å². The first-order valence-corrected chi connectivity index (χ1v) is 7.84. The van der Waals surface area contributed by atoms with Crippen molar-refractivity contribution < 1.29 is 4.39 Å². The first-order valence-electron chi connectivity index (χ1n) is 7.03. The van der Waals surface area contributed by atoms with Gasteiger partial charge in [-0.1, -0.05) is 17.4 Å². The van der Waals surface area contributed by atoms with Crippen molar-refractivity contribution in [3.05, 3.63) is 66.4 Å². The summed E-state index contributed by atoms with van der Waals surface area (Å²) >= 11 is 1.47. The van der Waals surface area contributed by atoms with Crippen LogP contribution in [0.4, 0.5) is 9.52 Å². The molecule has 0 amide bonds. The van der Waals surface area contributed by atoms with E-state index in [9.17, 15) is 4.39 Å². The Bertz CT molecular complexity index is 899. The van der Waals surface area contributed by atoms with Gasteiger partial charge >= 0.3 is 0 Å². The van der Waals surface area contributed by atoms with Gasteiger partial charge in [0.15, 0.2) is 0 Å². The fraction of sp³-hybridized carbons (Fsp3) is 0.0625. The van der Waals surface area contributed by atoms with E-state index in [1.807, 2.05) is 24.5 Å². The van der Waals surface area contributed by atoms with Gasteiger partial charge < -0.3 is 5.32 Å². The lowest BCUT2D eigenvalue weighted by Crippen LogP contribution is -1.99. The normalized spacial score (nSPS) is 11.0. The van der Waals surface area contributed by atoms with Gasteiger partial charge in [-0.25, -0.2) is 13.9 Å². The Hall–Kier alpha value is -2.80. The van der Waals surface area contributed by atoms with Crippen molar-refractivity contribution in [3.8, 4) is 11.3 Å². The van der Waals surface area contributed by atoms with Crippen molar-refractivity contribution in [1.82, 2.24) is 19.6 Å². The van der Waals surface area contributed by atoms with Crippen molar-refractivity contribution >= 4 is 21.4 Å². The summed E-state index contributed by atoms with van der Waals surface area (Å²) in [5.41, 5.74) is 2.74.